The van der Waals surface area contributed by atoms with Gasteiger partial charge in [-0.2, -0.15) is 0 Å². The number of aliphatic carboxylic acids is 1. The summed E-state index contributed by atoms with van der Waals surface area (Å²) in [4.78, 5) is 14.8. The van der Waals surface area contributed by atoms with Crippen molar-refractivity contribution in [3.63, 3.8) is 0 Å². The number of fused-ring (bicyclic) bond motifs is 1. The Labute approximate surface area is 125 Å². The fraction of sp³-hybridized carbons (Fsp3) is 0.286. The van der Waals surface area contributed by atoms with Gasteiger partial charge in [0.25, 0.3) is 0 Å². The van der Waals surface area contributed by atoms with Crippen LogP contribution in [-0.2, 0) is 11.3 Å². The molecule has 0 aliphatic heterocycles. The van der Waals surface area contributed by atoms with Crippen LogP contribution in [0, 0.1) is 5.82 Å². The molecule has 7 nitrogen and oxygen atoms in total. The van der Waals surface area contributed by atoms with E-state index in [4.69, 9.17) is 16.7 Å². The fourth-order valence-electron chi connectivity index (χ4n) is 2.31. The second-order valence-corrected chi connectivity index (χ2v) is 5.42. The minimum atomic E-state index is -1.26. The van der Waals surface area contributed by atoms with Crippen LogP contribution >= 0.6 is 0 Å². The van der Waals surface area contributed by atoms with Gasteiger partial charge < -0.3 is 20.2 Å². The van der Waals surface area contributed by atoms with Crippen molar-refractivity contribution in [2.45, 2.75) is 25.3 Å². The quantitative estimate of drug-likeness (QED) is 0.430. The van der Waals surface area contributed by atoms with Gasteiger partial charge in [-0.05, 0) is 30.4 Å². The molecule has 0 amide bonds. The van der Waals surface area contributed by atoms with Crippen LogP contribution in [-0.4, -0.2) is 25.5 Å². The fourth-order valence-corrected chi connectivity index (χ4v) is 2.31. The lowest BCUT2D eigenvalue weighted by atomic mass is 10.2. The molecule has 1 saturated carbocycles. The van der Waals surface area contributed by atoms with E-state index >= 15 is 0 Å². The predicted molar refractivity (Wildman–Crippen MR) is 76.8 cm³/mol. The molecule has 0 unspecified atom stereocenters. The number of carboxylic acid groups (broad SMARTS) is 1. The Bertz CT molecular complexity index is 766. The molecule has 1 fully saturated rings. The molecule has 2 heterocycles. The zero-order valence-corrected chi connectivity index (χ0v) is 11.7. The number of carboxylic acids is 1. The van der Waals surface area contributed by atoms with E-state index in [1.54, 1.807) is 10.6 Å². The van der Waals surface area contributed by atoms with E-state index in [2.05, 4.69) is 4.98 Å². The first-order valence-corrected chi connectivity index (χ1v) is 6.83. The number of nitrogens with two attached hydrogens (primary N) is 2. The third-order valence-electron chi connectivity index (χ3n) is 3.52. The molecule has 22 heavy (non-hydrogen) atoms. The van der Waals surface area contributed by atoms with E-state index < -0.39 is 5.97 Å². The van der Waals surface area contributed by atoms with Gasteiger partial charge in [0, 0.05) is 18.6 Å². The van der Waals surface area contributed by atoms with Crippen LogP contribution in [0.1, 0.15) is 30.0 Å². The van der Waals surface area contributed by atoms with Crippen molar-refractivity contribution in [3.8, 4) is 0 Å². The number of hydrogen-bond acceptors (Lipinski definition) is 5. The van der Waals surface area contributed by atoms with Gasteiger partial charge in [0.2, 0.25) is 0 Å². The van der Waals surface area contributed by atoms with Crippen molar-refractivity contribution < 1.29 is 14.3 Å². The maximum absolute atomic E-state index is 14.1. The summed E-state index contributed by atoms with van der Waals surface area (Å²) >= 11 is 0. The van der Waals surface area contributed by atoms with E-state index in [1.165, 1.54) is 6.07 Å². The predicted octanol–water partition coefficient (Wildman–Crippen LogP) is 0.911. The molecule has 2 aromatic rings. The number of nitrogens with zero attached hydrogens (tertiary/aromatic N) is 3. The van der Waals surface area contributed by atoms with Crippen LogP contribution in [0.15, 0.2) is 30.4 Å². The van der Waals surface area contributed by atoms with Gasteiger partial charge in [-0.1, -0.05) is 0 Å². The average Bonchev–Trinajstić information content (AvgIpc) is 3.20. The van der Waals surface area contributed by atoms with Gasteiger partial charge in [0.15, 0.2) is 11.5 Å². The Kier molecular flexibility index (Phi) is 3.45. The lowest BCUT2D eigenvalue weighted by Gasteiger charge is -2.11. The third kappa shape index (κ3) is 2.86. The van der Waals surface area contributed by atoms with E-state index in [1.807, 2.05) is 6.20 Å². The smallest absolute Gasteiger partial charge is 0.353 e. The van der Waals surface area contributed by atoms with E-state index in [0.29, 0.717) is 11.6 Å². The lowest BCUT2D eigenvalue weighted by molar-refractivity contribution is -0.132. The van der Waals surface area contributed by atoms with Crippen molar-refractivity contribution >= 4 is 11.6 Å². The van der Waals surface area contributed by atoms with Crippen LogP contribution in [0.3, 0.4) is 0 Å². The SMILES string of the molecule is N/C(=C\N(N)Cc1cn2cc(C3CC3)cc(F)c2n1)C(=O)O. The number of halogens is 1. The molecule has 3 rings (SSSR count). The summed E-state index contributed by atoms with van der Waals surface area (Å²) in [6, 6.07) is 1.52. The van der Waals surface area contributed by atoms with Crippen LogP contribution in [0.5, 0.6) is 0 Å². The molecule has 1 aliphatic rings. The minimum Gasteiger partial charge on any atom is -0.477 e. The Morgan fingerprint density at radius 2 is 2.27 bits per heavy atom. The molecular formula is C14H16FN5O2. The largest absolute Gasteiger partial charge is 0.477 e. The molecule has 0 atom stereocenters. The first-order valence-electron chi connectivity index (χ1n) is 6.83. The summed E-state index contributed by atoms with van der Waals surface area (Å²) < 4.78 is 15.7. The highest BCUT2D eigenvalue weighted by Crippen LogP contribution is 2.40. The van der Waals surface area contributed by atoms with Crippen molar-refractivity contribution in [2.75, 3.05) is 0 Å². The normalized spacial score (nSPS) is 15.3. The molecule has 0 aromatic carbocycles. The maximum Gasteiger partial charge on any atom is 0.353 e. The first-order chi connectivity index (χ1) is 10.4. The summed E-state index contributed by atoms with van der Waals surface area (Å²) in [7, 11) is 0. The Morgan fingerprint density at radius 3 is 2.91 bits per heavy atom. The first kappa shape index (κ1) is 14.3. The van der Waals surface area contributed by atoms with Crippen LogP contribution in [0.25, 0.3) is 5.65 Å². The highest BCUT2D eigenvalue weighted by Gasteiger charge is 2.25. The molecule has 0 spiro atoms. The summed E-state index contributed by atoms with van der Waals surface area (Å²) in [5, 5.41) is 9.79. The molecule has 8 heteroatoms. The summed E-state index contributed by atoms with van der Waals surface area (Å²) in [6.45, 7) is 0.119. The lowest BCUT2D eigenvalue weighted by Crippen LogP contribution is -2.27. The monoisotopic (exact) mass is 305 g/mol. The molecule has 116 valence electrons. The highest BCUT2D eigenvalue weighted by molar-refractivity contribution is 5.85. The molecule has 0 bridgehead atoms. The van der Waals surface area contributed by atoms with Crippen molar-refractivity contribution in [1.82, 2.24) is 14.4 Å². The number of imidazole rings is 1. The Balaban J connectivity index is 1.84. The van der Waals surface area contributed by atoms with Gasteiger partial charge in [-0.3, -0.25) is 0 Å². The summed E-state index contributed by atoms with van der Waals surface area (Å²) in [5.74, 6) is 4.47. The molecular weight excluding hydrogens is 289 g/mol. The van der Waals surface area contributed by atoms with Crippen LogP contribution in [0.4, 0.5) is 4.39 Å². The summed E-state index contributed by atoms with van der Waals surface area (Å²) in [5.41, 5.74) is 6.61. The van der Waals surface area contributed by atoms with Crippen molar-refractivity contribution in [1.29, 1.82) is 0 Å². The molecule has 0 radical (unpaired) electrons. The molecule has 0 saturated heterocycles. The van der Waals surface area contributed by atoms with Crippen LogP contribution < -0.4 is 11.6 Å². The highest BCUT2D eigenvalue weighted by atomic mass is 19.1. The number of carbonyl (C=O) groups is 1. The second kappa shape index (κ2) is 5.30. The Hall–Kier alpha value is -2.61. The Morgan fingerprint density at radius 1 is 1.55 bits per heavy atom. The molecule has 1 aliphatic carbocycles. The molecule has 2 aromatic heterocycles. The van der Waals surface area contributed by atoms with Gasteiger partial charge in [0.05, 0.1) is 12.2 Å². The van der Waals surface area contributed by atoms with Crippen molar-refractivity contribution in [2.24, 2.45) is 11.6 Å². The van der Waals surface area contributed by atoms with Gasteiger partial charge in [0.1, 0.15) is 5.70 Å². The topological polar surface area (TPSA) is 110 Å². The van der Waals surface area contributed by atoms with E-state index in [0.717, 1.165) is 29.6 Å². The zero-order chi connectivity index (χ0) is 15.9. The zero-order valence-electron chi connectivity index (χ0n) is 11.7. The maximum atomic E-state index is 14.1. The molecule has 5 N–H and O–H groups in total. The summed E-state index contributed by atoms with van der Waals surface area (Å²) in [6.07, 6.45) is 6.81. The van der Waals surface area contributed by atoms with Gasteiger partial charge >= 0.3 is 5.97 Å². The number of rotatable bonds is 5. The number of hydrazine groups is 1. The number of pyridine rings is 1. The second-order valence-electron chi connectivity index (χ2n) is 5.42. The van der Waals surface area contributed by atoms with Crippen LogP contribution in [0.2, 0.25) is 0 Å². The van der Waals surface area contributed by atoms with E-state index in [9.17, 15) is 9.18 Å². The third-order valence-corrected chi connectivity index (χ3v) is 3.52. The van der Waals surface area contributed by atoms with Crippen molar-refractivity contribution in [3.05, 3.63) is 47.4 Å². The van der Waals surface area contributed by atoms with Gasteiger partial charge in [-0.25, -0.2) is 20.0 Å². The van der Waals surface area contributed by atoms with Gasteiger partial charge in [-0.15, -0.1) is 0 Å². The number of aromatic nitrogens is 2. The van der Waals surface area contributed by atoms with E-state index in [-0.39, 0.29) is 23.7 Å². The minimum absolute atomic E-state index is 0.119. The standard InChI is InChI=1S/C14H16FN5O2/c15-11-3-9(8-1-2-8)4-19-5-10(18-13(11)19)6-20(17)7-12(16)14(21)22/h3-5,7-8H,1-2,6,16-17H2,(H,21,22)/b12-7-. The average molecular weight is 305 g/mol. The number of hydrogen-bond donors (Lipinski definition) is 3.